The smallest absolute Gasteiger partial charge is 0.261 e. The topological polar surface area (TPSA) is 20.3 Å². The van der Waals surface area contributed by atoms with Crippen LogP contribution in [0.25, 0.3) is 0 Å². The number of hydrogen-bond donors (Lipinski definition) is 0. The van der Waals surface area contributed by atoms with Gasteiger partial charge in [-0.25, -0.2) is 8.78 Å². The molecule has 0 aliphatic carbocycles. The number of carbonyl (C=O) groups is 1. The number of hydrogen-bond acceptors (Lipinski definition) is 1. The van der Waals surface area contributed by atoms with Gasteiger partial charge in [-0.2, -0.15) is 0 Å². The van der Waals surface area contributed by atoms with Crippen molar-refractivity contribution in [3.63, 3.8) is 0 Å². The van der Waals surface area contributed by atoms with Gasteiger partial charge in [-0.05, 0) is 49.2 Å². The summed E-state index contributed by atoms with van der Waals surface area (Å²) in [4.78, 5) is 13.6. The van der Waals surface area contributed by atoms with Crippen LogP contribution in [0.3, 0.4) is 0 Å². The summed E-state index contributed by atoms with van der Waals surface area (Å²) in [6.45, 7) is 3.83. The number of benzene rings is 2. The predicted octanol–water partition coefficient (Wildman–Crippen LogP) is 3.86. The molecule has 2 rings (SSSR count). The highest BCUT2D eigenvalue weighted by Gasteiger charge is 2.19. The van der Waals surface area contributed by atoms with Crippen LogP contribution in [0, 0.1) is 25.5 Å². The summed E-state index contributed by atoms with van der Waals surface area (Å²) in [6, 6.07) is 9.21. The van der Waals surface area contributed by atoms with Crippen LogP contribution in [0.1, 0.15) is 21.5 Å². The summed E-state index contributed by atoms with van der Waals surface area (Å²) >= 11 is 0. The molecule has 0 aromatic heterocycles. The minimum Gasteiger partial charge on any atom is -0.311 e. The fourth-order valence-electron chi connectivity index (χ4n) is 2.11. The van der Waals surface area contributed by atoms with Crippen LogP contribution in [0.4, 0.5) is 14.5 Å². The Hall–Kier alpha value is -2.23. The molecule has 1 amide bonds. The van der Waals surface area contributed by atoms with Crippen molar-refractivity contribution < 1.29 is 13.6 Å². The Labute approximate surface area is 116 Å². The first-order valence-electron chi connectivity index (χ1n) is 6.20. The van der Waals surface area contributed by atoms with Crippen LogP contribution >= 0.6 is 0 Å². The van der Waals surface area contributed by atoms with Crippen molar-refractivity contribution in [2.24, 2.45) is 0 Å². The Morgan fingerprint density at radius 1 is 1.05 bits per heavy atom. The summed E-state index contributed by atoms with van der Waals surface area (Å²) in [7, 11) is 1.54. The summed E-state index contributed by atoms with van der Waals surface area (Å²) < 4.78 is 26.9. The molecular formula is C16H15F2NO. The van der Waals surface area contributed by atoms with E-state index in [1.54, 1.807) is 7.05 Å². The molecule has 0 aliphatic rings. The van der Waals surface area contributed by atoms with Crippen molar-refractivity contribution >= 4 is 11.6 Å². The van der Waals surface area contributed by atoms with Gasteiger partial charge in [0.15, 0.2) is 11.6 Å². The maximum absolute atomic E-state index is 13.7. The summed E-state index contributed by atoms with van der Waals surface area (Å²) in [5.74, 6) is -2.72. The van der Waals surface area contributed by atoms with Gasteiger partial charge in [0.25, 0.3) is 5.91 Å². The number of anilines is 1. The second-order valence-electron chi connectivity index (χ2n) is 4.81. The fourth-order valence-corrected chi connectivity index (χ4v) is 2.11. The second-order valence-corrected chi connectivity index (χ2v) is 4.81. The Kier molecular flexibility index (Phi) is 3.84. The van der Waals surface area contributed by atoms with E-state index in [2.05, 4.69) is 0 Å². The van der Waals surface area contributed by atoms with E-state index in [0.717, 1.165) is 17.2 Å². The van der Waals surface area contributed by atoms with Gasteiger partial charge in [0.05, 0.1) is 5.56 Å². The van der Waals surface area contributed by atoms with E-state index in [9.17, 15) is 13.6 Å². The molecule has 104 valence electrons. The lowest BCUT2D eigenvalue weighted by molar-refractivity contribution is 0.0988. The molecule has 2 aromatic rings. The molecule has 20 heavy (non-hydrogen) atoms. The number of carbonyl (C=O) groups excluding carboxylic acids is 1. The van der Waals surface area contributed by atoms with Crippen LogP contribution in [0.2, 0.25) is 0 Å². The first kappa shape index (κ1) is 14.2. The third-order valence-corrected chi connectivity index (χ3v) is 3.08. The Morgan fingerprint density at radius 3 is 2.25 bits per heavy atom. The third kappa shape index (κ3) is 2.69. The molecule has 2 aromatic carbocycles. The highest BCUT2D eigenvalue weighted by Crippen LogP contribution is 2.21. The molecule has 0 fully saturated rings. The highest BCUT2D eigenvalue weighted by atomic mass is 19.2. The quantitative estimate of drug-likeness (QED) is 0.815. The fraction of sp³-hybridized carbons (Fsp3) is 0.188. The maximum atomic E-state index is 13.7. The van der Waals surface area contributed by atoms with Gasteiger partial charge in [0, 0.05) is 12.7 Å². The Morgan fingerprint density at radius 2 is 1.65 bits per heavy atom. The van der Waals surface area contributed by atoms with E-state index < -0.39 is 17.5 Å². The molecule has 2 nitrogen and oxygen atoms in total. The van der Waals surface area contributed by atoms with Crippen molar-refractivity contribution in [1.82, 2.24) is 0 Å². The van der Waals surface area contributed by atoms with Gasteiger partial charge >= 0.3 is 0 Å². The zero-order valence-corrected chi connectivity index (χ0v) is 11.6. The van der Waals surface area contributed by atoms with Gasteiger partial charge < -0.3 is 4.90 Å². The largest absolute Gasteiger partial charge is 0.311 e. The summed E-state index contributed by atoms with van der Waals surface area (Å²) in [5, 5.41) is 0. The Balaban J connectivity index is 2.40. The number of aryl methyl sites for hydroxylation is 2. The first-order valence-corrected chi connectivity index (χ1v) is 6.20. The molecule has 0 radical (unpaired) electrons. The van der Waals surface area contributed by atoms with E-state index in [4.69, 9.17) is 0 Å². The van der Waals surface area contributed by atoms with Crippen molar-refractivity contribution in [2.45, 2.75) is 13.8 Å². The lowest BCUT2D eigenvalue weighted by atomic mass is 10.1. The highest BCUT2D eigenvalue weighted by molar-refractivity contribution is 6.06. The number of rotatable bonds is 2. The van der Waals surface area contributed by atoms with Crippen LogP contribution in [-0.4, -0.2) is 13.0 Å². The standard InChI is InChI=1S/C16H15F2NO/c1-10-7-11(2)9-12(8-10)19(3)16(20)13-5-4-6-14(17)15(13)18/h4-9H,1-3H3. The first-order chi connectivity index (χ1) is 9.40. The van der Waals surface area contributed by atoms with Gasteiger partial charge in [-0.15, -0.1) is 0 Å². The van der Waals surface area contributed by atoms with E-state index in [0.29, 0.717) is 5.69 Å². The molecule has 0 N–H and O–H groups in total. The van der Waals surface area contributed by atoms with Gasteiger partial charge in [-0.3, -0.25) is 4.79 Å². The van der Waals surface area contributed by atoms with Gasteiger partial charge in [0.2, 0.25) is 0 Å². The van der Waals surface area contributed by atoms with Crippen molar-refractivity contribution in [3.8, 4) is 0 Å². The summed E-state index contributed by atoms with van der Waals surface area (Å²) in [6.07, 6.45) is 0. The molecule has 0 aliphatic heterocycles. The van der Waals surface area contributed by atoms with Gasteiger partial charge in [0.1, 0.15) is 0 Å². The second kappa shape index (κ2) is 5.41. The Bertz CT molecular complexity index is 647. The molecule has 4 heteroatoms. The summed E-state index contributed by atoms with van der Waals surface area (Å²) in [5.41, 5.74) is 2.38. The minimum atomic E-state index is -1.12. The zero-order valence-electron chi connectivity index (χ0n) is 11.6. The lowest BCUT2D eigenvalue weighted by Crippen LogP contribution is -2.27. The van der Waals surface area contributed by atoms with Crippen LogP contribution in [-0.2, 0) is 0 Å². The maximum Gasteiger partial charge on any atom is 0.261 e. The van der Waals surface area contributed by atoms with Crippen molar-refractivity contribution in [3.05, 3.63) is 64.7 Å². The molecule has 0 saturated carbocycles. The average molecular weight is 275 g/mol. The van der Waals surface area contributed by atoms with Crippen molar-refractivity contribution in [2.75, 3.05) is 11.9 Å². The molecular weight excluding hydrogens is 260 g/mol. The molecule has 0 unspecified atom stereocenters. The zero-order chi connectivity index (χ0) is 14.9. The lowest BCUT2D eigenvalue weighted by Gasteiger charge is -2.19. The van der Waals surface area contributed by atoms with E-state index >= 15 is 0 Å². The van der Waals surface area contributed by atoms with E-state index in [1.807, 2.05) is 32.0 Å². The third-order valence-electron chi connectivity index (χ3n) is 3.08. The van der Waals surface area contributed by atoms with E-state index in [-0.39, 0.29) is 5.56 Å². The number of amides is 1. The normalized spacial score (nSPS) is 10.4. The molecule has 0 spiro atoms. The minimum absolute atomic E-state index is 0.272. The SMILES string of the molecule is Cc1cc(C)cc(N(C)C(=O)c2cccc(F)c2F)c1. The van der Waals surface area contributed by atoms with Crippen LogP contribution in [0.15, 0.2) is 36.4 Å². The number of halogens is 2. The van der Waals surface area contributed by atoms with Crippen LogP contribution < -0.4 is 4.90 Å². The van der Waals surface area contributed by atoms with Gasteiger partial charge in [-0.1, -0.05) is 12.1 Å². The molecule has 0 bridgehead atoms. The monoisotopic (exact) mass is 275 g/mol. The average Bonchev–Trinajstić information content (AvgIpc) is 2.39. The van der Waals surface area contributed by atoms with Crippen LogP contribution in [0.5, 0.6) is 0 Å². The molecule has 0 heterocycles. The van der Waals surface area contributed by atoms with E-state index in [1.165, 1.54) is 17.0 Å². The molecule has 0 atom stereocenters. The predicted molar refractivity (Wildman–Crippen MR) is 75.0 cm³/mol. The van der Waals surface area contributed by atoms with Crippen molar-refractivity contribution in [1.29, 1.82) is 0 Å². The molecule has 0 saturated heterocycles. The number of nitrogens with zero attached hydrogens (tertiary/aromatic N) is 1.